The van der Waals surface area contributed by atoms with Crippen LogP contribution in [0.4, 0.5) is 0 Å². The Labute approximate surface area is 178 Å². The number of benzene rings is 2. The van der Waals surface area contributed by atoms with Crippen molar-refractivity contribution in [2.45, 2.75) is 31.9 Å². The van der Waals surface area contributed by atoms with Crippen LogP contribution in [0.1, 0.15) is 42.8 Å². The number of para-hydroxylation sites is 1. The van der Waals surface area contributed by atoms with Gasteiger partial charge >= 0.3 is 0 Å². The van der Waals surface area contributed by atoms with Crippen molar-refractivity contribution in [3.63, 3.8) is 0 Å². The van der Waals surface area contributed by atoms with Gasteiger partial charge in [-0.15, -0.1) is 0 Å². The molecule has 1 heterocycles. The van der Waals surface area contributed by atoms with E-state index in [1.807, 2.05) is 60.3 Å². The summed E-state index contributed by atoms with van der Waals surface area (Å²) in [5, 5.41) is 14.0. The van der Waals surface area contributed by atoms with Crippen molar-refractivity contribution in [3.8, 4) is 11.5 Å². The number of aryl methyl sites for hydroxylation is 1. The van der Waals surface area contributed by atoms with Gasteiger partial charge in [-0.3, -0.25) is 0 Å². The zero-order chi connectivity index (χ0) is 21.5. The molecule has 30 heavy (non-hydrogen) atoms. The summed E-state index contributed by atoms with van der Waals surface area (Å²) < 4.78 is 13.3. The molecule has 2 atom stereocenters. The Bertz CT molecular complexity index is 939. The van der Waals surface area contributed by atoms with Crippen LogP contribution in [0.25, 0.3) is 0 Å². The molecular formula is C24H31N3O3. The van der Waals surface area contributed by atoms with E-state index in [2.05, 4.69) is 30.2 Å². The summed E-state index contributed by atoms with van der Waals surface area (Å²) in [6, 6.07) is 15.6. The van der Waals surface area contributed by atoms with Crippen molar-refractivity contribution in [1.82, 2.24) is 14.9 Å². The van der Waals surface area contributed by atoms with Crippen LogP contribution in [0.15, 0.2) is 60.9 Å². The second kappa shape index (κ2) is 10.3. The summed E-state index contributed by atoms with van der Waals surface area (Å²) in [5.74, 6) is 2.82. The Morgan fingerprint density at radius 3 is 2.63 bits per heavy atom. The minimum absolute atomic E-state index is 0.183. The van der Waals surface area contributed by atoms with Crippen LogP contribution in [0.3, 0.4) is 0 Å². The first-order chi connectivity index (χ1) is 14.5. The van der Waals surface area contributed by atoms with Crippen molar-refractivity contribution in [1.29, 1.82) is 0 Å². The van der Waals surface area contributed by atoms with Crippen molar-refractivity contribution in [2.24, 2.45) is 7.05 Å². The van der Waals surface area contributed by atoms with Crippen LogP contribution < -0.4 is 14.8 Å². The molecule has 0 saturated carbocycles. The quantitative estimate of drug-likeness (QED) is 0.535. The molecule has 3 aromatic rings. The fourth-order valence-corrected chi connectivity index (χ4v) is 3.42. The molecule has 0 fully saturated rings. The maximum atomic E-state index is 10.6. The highest BCUT2D eigenvalue weighted by Gasteiger charge is 2.20. The van der Waals surface area contributed by atoms with Gasteiger partial charge in [-0.05, 0) is 35.2 Å². The molecule has 2 N–H and O–H groups in total. The Morgan fingerprint density at radius 2 is 1.93 bits per heavy atom. The molecule has 6 heteroatoms. The lowest BCUT2D eigenvalue weighted by atomic mass is 10.0. The number of aliphatic hydroxyl groups excluding tert-OH is 1. The third-order valence-electron chi connectivity index (χ3n) is 5.07. The molecule has 0 bridgehead atoms. The maximum Gasteiger partial charge on any atom is 0.130 e. The molecule has 0 aliphatic heterocycles. The summed E-state index contributed by atoms with van der Waals surface area (Å²) in [4.78, 5) is 4.50. The van der Waals surface area contributed by atoms with Crippen LogP contribution in [0.5, 0.6) is 11.5 Å². The predicted molar refractivity (Wildman–Crippen MR) is 118 cm³/mol. The molecule has 3 rings (SSSR count). The van der Waals surface area contributed by atoms with E-state index in [-0.39, 0.29) is 12.6 Å². The smallest absolute Gasteiger partial charge is 0.130 e. The molecule has 0 radical (unpaired) electrons. The van der Waals surface area contributed by atoms with E-state index in [0.29, 0.717) is 12.5 Å². The summed E-state index contributed by atoms with van der Waals surface area (Å²) in [5.41, 5.74) is 2.15. The minimum atomic E-state index is -0.668. The zero-order valence-corrected chi connectivity index (χ0v) is 18.1. The number of ether oxygens (including phenoxy) is 2. The van der Waals surface area contributed by atoms with Gasteiger partial charge in [0.15, 0.2) is 0 Å². The average Bonchev–Trinajstić information content (AvgIpc) is 3.18. The van der Waals surface area contributed by atoms with E-state index in [1.54, 1.807) is 13.3 Å². The molecule has 160 valence electrons. The van der Waals surface area contributed by atoms with Gasteiger partial charge < -0.3 is 24.5 Å². The van der Waals surface area contributed by atoms with Crippen molar-refractivity contribution >= 4 is 0 Å². The third kappa shape index (κ3) is 5.40. The normalized spacial score (nSPS) is 13.3. The fourth-order valence-electron chi connectivity index (χ4n) is 3.42. The van der Waals surface area contributed by atoms with Gasteiger partial charge in [0, 0.05) is 26.0 Å². The Hall–Kier alpha value is -2.83. The number of nitrogens with one attached hydrogen (secondary N) is 1. The fraction of sp³-hybridized carbons (Fsp3) is 0.375. The summed E-state index contributed by atoms with van der Waals surface area (Å²) in [6.45, 7) is 4.83. The van der Waals surface area contributed by atoms with Gasteiger partial charge in [0.2, 0.25) is 0 Å². The molecule has 2 unspecified atom stereocenters. The van der Waals surface area contributed by atoms with E-state index in [4.69, 9.17) is 9.47 Å². The second-order valence-electron chi connectivity index (χ2n) is 7.67. The maximum absolute atomic E-state index is 10.6. The van der Waals surface area contributed by atoms with Gasteiger partial charge in [-0.1, -0.05) is 44.2 Å². The van der Waals surface area contributed by atoms with Crippen LogP contribution in [-0.2, 0) is 7.05 Å². The number of aromatic nitrogens is 2. The van der Waals surface area contributed by atoms with Crippen LogP contribution >= 0.6 is 0 Å². The molecule has 1 aromatic heterocycles. The number of nitrogens with zero attached hydrogens (tertiary/aromatic N) is 2. The third-order valence-corrected chi connectivity index (χ3v) is 5.07. The van der Waals surface area contributed by atoms with E-state index >= 15 is 0 Å². The SMILES string of the molecule is COc1cccc(C(NCC(O)COc2ccccc2C(C)C)c2nccn2C)c1. The molecule has 0 aliphatic carbocycles. The van der Waals surface area contributed by atoms with Crippen molar-refractivity contribution in [3.05, 3.63) is 77.9 Å². The summed E-state index contributed by atoms with van der Waals surface area (Å²) >= 11 is 0. The Balaban J connectivity index is 1.68. The molecular weight excluding hydrogens is 378 g/mol. The Morgan fingerprint density at radius 1 is 1.13 bits per heavy atom. The first kappa shape index (κ1) is 21.9. The molecule has 2 aromatic carbocycles. The van der Waals surface area contributed by atoms with E-state index in [0.717, 1.165) is 28.5 Å². The topological polar surface area (TPSA) is 68.5 Å². The van der Waals surface area contributed by atoms with Crippen LogP contribution in [-0.4, -0.2) is 41.0 Å². The number of rotatable bonds is 10. The van der Waals surface area contributed by atoms with E-state index in [1.165, 1.54) is 0 Å². The first-order valence-corrected chi connectivity index (χ1v) is 10.2. The highest BCUT2D eigenvalue weighted by atomic mass is 16.5. The zero-order valence-electron chi connectivity index (χ0n) is 18.1. The van der Waals surface area contributed by atoms with Gasteiger partial charge in [-0.2, -0.15) is 0 Å². The number of hydrogen-bond acceptors (Lipinski definition) is 5. The lowest BCUT2D eigenvalue weighted by molar-refractivity contribution is 0.104. The van der Waals surface area contributed by atoms with Gasteiger partial charge in [0.25, 0.3) is 0 Å². The van der Waals surface area contributed by atoms with Crippen molar-refractivity contribution in [2.75, 3.05) is 20.3 Å². The van der Waals surface area contributed by atoms with Crippen LogP contribution in [0.2, 0.25) is 0 Å². The van der Waals surface area contributed by atoms with Gasteiger partial charge in [0.05, 0.1) is 13.2 Å². The number of imidazole rings is 1. The molecule has 0 aliphatic rings. The minimum Gasteiger partial charge on any atom is -0.497 e. The average molecular weight is 410 g/mol. The largest absolute Gasteiger partial charge is 0.497 e. The van der Waals surface area contributed by atoms with E-state index in [9.17, 15) is 5.11 Å². The van der Waals surface area contributed by atoms with Crippen molar-refractivity contribution < 1.29 is 14.6 Å². The number of methoxy groups -OCH3 is 1. The number of hydrogen-bond donors (Lipinski definition) is 2. The lowest BCUT2D eigenvalue weighted by Gasteiger charge is -2.22. The molecule has 0 amide bonds. The van der Waals surface area contributed by atoms with E-state index < -0.39 is 6.10 Å². The predicted octanol–water partition coefficient (Wildman–Crippen LogP) is 3.67. The molecule has 0 saturated heterocycles. The number of aliphatic hydroxyl groups is 1. The monoisotopic (exact) mass is 409 g/mol. The standard InChI is InChI=1S/C24H31N3O3/c1-17(2)21-10-5-6-11-22(21)30-16-19(28)15-26-23(24-25-12-13-27(24)3)18-8-7-9-20(14-18)29-4/h5-14,17,19,23,26,28H,15-16H2,1-4H3. The Kier molecular flexibility index (Phi) is 7.49. The summed E-state index contributed by atoms with van der Waals surface area (Å²) in [7, 11) is 3.61. The first-order valence-electron chi connectivity index (χ1n) is 10.2. The van der Waals surface area contributed by atoms with Crippen LogP contribution in [0, 0.1) is 0 Å². The lowest BCUT2D eigenvalue weighted by Crippen LogP contribution is -2.35. The molecule has 0 spiro atoms. The van der Waals surface area contributed by atoms with Gasteiger partial charge in [0.1, 0.15) is 30.0 Å². The molecule has 6 nitrogen and oxygen atoms in total. The highest BCUT2D eigenvalue weighted by Crippen LogP contribution is 2.26. The second-order valence-corrected chi connectivity index (χ2v) is 7.67. The highest BCUT2D eigenvalue weighted by molar-refractivity contribution is 5.36. The summed E-state index contributed by atoms with van der Waals surface area (Å²) in [6.07, 6.45) is 3.01. The van der Waals surface area contributed by atoms with Gasteiger partial charge in [-0.25, -0.2) is 4.98 Å².